The Balaban J connectivity index is 2.35. The molecule has 0 heterocycles. The molecule has 0 spiro atoms. The summed E-state index contributed by atoms with van der Waals surface area (Å²) in [6, 6.07) is 5.49. The molecule has 1 nitrogen and oxygen atoms in total. The van der Waals surface area contributed by atoms with Crippen molar-refractivity contribution in [3.8, 4) is 0 Å². The molecule has 0 unspecified atom stereocenters. The van der Waals surface area contributed by atoms with Gasteiger partial charge in [-0.2, -0.15) is 0 Å². The van der Waals surface area contributed by atoms with Crippen molar-refractivity contribution >= 4 is 29.3 Å². The van der Waals surface area contributed by atoms with Gasteiger partial charge in [0.15, 0.2) is 0 Å². The first-order valence-corrected chi connectivity index (χ1v) is 6.67. The highest BCUT2D eigenvalue weighted by atomic mass is 35.5. The van der Waals surface area contributed by atoms with Crippen LogP contribution in [0, 0.1) is 5.92 Å². The van der Waals surface area contributed by atoms with Crippen molar-refractivity contribution in [2.75, 3.05) is 13.1 Å². The zero-order valence-corrected chi connectivity index (χ0v) is 11.9. The lowest BCUT2D eigenvalue weighted by molar-refractivity contribution is 0.557. The van der Waals surface area contributed by atoms with E-state index >= 15 is 0 Å². The zero-order chi connectivity index (χ0) is 12.7. The second-order valence-electron chi connectivity index (χ2n) is 4.45. The van der Waals surface area contributed by atoms with Crippen LogP contribution in [-0.4, -0.2) is 13.1 Å². The van der Waals surface area contributed by atoms with Gasteiger partial charge in [0, 0.05) is 10.0 Å². The molecule has 0 aromatic heterocycles. The maximum Gasteiger partial charge on any atom is 0.0479 e. The van der Waals surface area contributed by atoms with Gasteiger partial charge in [-0.15, -0.1) is 0 Å². The van der Waals surface area contributed by atoms with E-state index in [-0.39, 0.29) is 0 Å². The molecular weight excluding hydrogens is 253 g/mol. The average Bonchev–Trinajstić information content (AvgIpc) is 2.27. The number of rotatable bonds is 6. The fourth-order valence-corrected chi connectivity index (χ4v) is 1.79. The van der Waals surface area contributed by atoms with Gasteiger partial charge < -0.3 is 5.32 Å². The van der Waals surface area contributed by atoms with Crippen molar-refractivity contribution in [2.45, 2.75) is 20.3 Å². The van der Waals surface area contributed by atoms with Crippen LogP contribution in [0.15, 0.2) is 24.3 Å². The number of hydrogen-bond donors (Lipinski definition) is 1. The highest BCUT2D eigenvalue weighted by Crippen LogP contribution is 2.21. The number of halogens is 2. The van der Waals surface area contributed by atoms with Crippen LogP contribution in [0.2, 0.25) is 10.0 Å². The second kappa shape index (κ2) is 7.75. The Morgan fingerprint density at radius 3 is 2.76 bits per heavy atom. The quantitative estimate of drug-likeness (QED) is 0.744. The van der Waals surface area contributed by atoms with Crippen LogP contribution in [0.5, 0.6) is 0 Å². The Kier molecular flexibility index (Phi) is 6.64. The molecule has 1 N–H and O–H groups in total. The molecule has 0 aliphatic heterocycles. The molecule has 0 aliphatic rings. The topological polar surface area (TPSA) is 12.0 Å². The van der Waals surface area contributed by atoms with Crippen LogP contribution >= 0.6 is 23.2 Å². The lowest BCUT2D eigenvalue weighted by Gasteiger charge is -2.05. The fraction of sp³-hybridized carbons (Fsp3) is 0.429. The summed E-state index contributed by atoms with van der Waals surface area (Å²) in [6.07, 6.45) is 5.13. The minimum Gasteiger partial charge on any atom is -0.316 e. The summed E-state index contributed by atoms with van der Waals surface area (Å²) in [5, 5.41) is 4.84. The van der Waals surface area contributed by atoms with E-state index in [0.29, 0.717) is 10.9 Å². The first kappa shape index (κ1) is 14.6. The number of nitrogens with one attached hydrogen (secondary N) is 1. The number of hydrogen-bond acceptors (Lipinski definition) is 1. The van der Waals surface area contributed by atoms with Crippen LogP contribution < -0.4 is 5.32 Å². The summed E-state index contributed by atoms with van der Waals surface area (Å²) in [5.74, 6) is 0.696. The van der Waals surface area contributed by atoms with Crippen molar-refractivity contribution < 1.29 is 0 Å². The van der Waals surface area contributed by atoms with Gasteiger partial charge in [0.05, 0.1) is 0 Å². The van der Waals surface area contributed by atoms with Crippen LogP contribution in [0.1, 0.15) is 25.8 Å². The highest BCUT2D eigenvalue weighted by molar-refractivity contribution is 6.34. The van der Waals surface area contributed by atoms with E-state index in [1.54, 1.807) is 6.07 Å². The van der Waals surface area contributed by atoms with Gasteiger partial charge in [-0.1, -0.05) is 49.2 Å². The third-order valence-corrected chi connectivity index (χ3v) is 2.88. The third-order valence-electron chi connectivity index (χ3n) is 2.30. The molecule has 94 valence electrons. The molecule has 1 rings (SSSR count). The van der Waals surface area contributed by atoms with Crippen LogP contribution in [0.25, 0.3) is 6.08 Å². The predicted octanol–water partition coefficient (Wildman–Crippen LogP) is 4.64. The summed E-state index contributed by atoms with van der Waals surface area (Å²) >= 11 is 12.0. The van der Waals surface area contributed by atoms with Gasteiger partial charge in [0.1, 0.15) is 0 Å². The van der Waals surface area contributed by atoms with Crippen LogP contribution in [0.4, 0.5) is 0 Å². The first-order valence-electron chi connectivity index (χ1n) is 5.92. The average molecular weight is 272 g/mol. The molecule has 3 heteroatoms. The minimum absolute atomic E-state index is 0.696. The first-order chi connectivity index (χ1) is 8.09. The van der Waals surface area contributed by atoms with E-state index in [1.807, 2.05) is 18.2 Å². The summed E-state index contributed by atoms with van der Waals surface area (Å²) in [7, 11) is 0. The molecule has 0 saturated carbocycles. The normalized spacial score (nSPS) is 11.6. The van der Waals surface area contributed by atoms with E-state index < -0.39 is 0 Å². The highest BCUT2D eigenvalue weighted by Gasteiger charge is 1.97. The Hall–Kier alpha value is -0.500. The van der Waals surface area contributed by atoms with Crippen molar-refractivity contribution in [2.24, 2.45) is 5.92 Å². The maximum absolute atomic E-state index is 6.05. The molecule has 0 radical (unpaired) electrons. The smallest absolute Gasteiger partial charge is 0.0479 e. The van der Waals surface area contributed by atoms with Gasteiger partial charge in [-0.05, 0) is 49.2 Å². The molecule has 0 saturated heterocycles. The Bertz CT molecular complexity index is 372. The second-order valence-corrected chi connectivity index (χ2v) is 5.30. The van der Waals surface area contributed by atoms with Crippen molar-refractivity contribution in [3.63, 3.8) is 0 Å². The number of benzene rings is 1. The lowest BCUT2D eigenvalue weighted by atomic mass is 10.2. The molecule has 0 amide bonds. The summed E-state index contributed by atoms with van der Waals surface area (Å²) < 4.78 is 0. The minimum atomic E-state index is 0.696. The van der Waals surface area contributed by atoms with Crippen molar-refractivity contribution in [1.82, 2.24) is 5.32 Å². The molecule has 17 heavy (non-hydrogen) atoms. The van der Waals surface area contributed by atoms with E-state index in [4.69, 9.17) is 23.2 Å². The molecule has 0 fully saturated rings. The summed E-state index contributed by atoms with van der Waals surface area (Å²) in [6.45, 7) is 6.46. The molecular formula is C14H19Cl2N. The Morgan fingerprint density at radius 1 is 1.29 bits per heavy atom. The largest absolute Gasteiger partial charge is 0.316 e. The molecule has 0 bridgehead atoms. The maximum atomic E-state index is 6.05. The van der Waals surface area contributed by atoms with Gasteiger partial charge in [0.25, 0.3) is 0 Å². The standard InChI is InChI=1S/C14H19Cl2N/c1-11(2)10-17-8-4-3-5-12-9-13(15)6-7-14(12)16/h3,5-7,9,11,17H,4,8,10H2,1-2H3. The zero-order valence-electron chi connectivity index (χ0n) is 10.3. The van der Waals surface area contributed by atoms with Crippen molar-refractivity contribution in [1.29, 1.82) is 0 Å². The van der Waals surface area contributed by atoms with Crippen LogP contribution in [0.3, 0.4) is 0 Å². The predicted molar refractivity (Wildman–Crippen MR) is 77.8 cm³/mol. The van der Waals surface area contributed by atoms with Gasteiger partial charge >= 0.3 is 0 Å². The monoisotopic (exact) mass is 271 g/mol. The molecule has 0 atom stereocenters. The SMILES string of the molecule is CC(C)CNCCC=Cc1cc(Cl)ccc1Cl. The van der Waals surface area contributed by atoms with Gasteiger partial charge in [-0.25, -0.2) is 0 Å². The van der Waals surface area contributed by atoms with E-state index in [1.165, 1.54) is 0 Å². The Morgan fingerprint density at radius 2 is 2.06 bits per heavy atom. The van der Waals surface area contributed by atoms with Crippen molar-refractivity contribution in [3.05, 3.63) is 39.9 Å². The van der Waals surface area contributed by atoms with Gasteiger partial charge in [0.2, 0.25) is 0 Å². The summed E-state index contributed by atoms with van der Waals surface area (Å²) in [5.41, 5.74) is 0.975. The lowest BCUT2D eigenvalue weighted by Crippen LogP contribution is -2.20. The summed E-state index contributed by atoms with van der Waals surface area (Å²) in [4.78, 5) is 0. The molecule has 1 aromatic carbocycles. The van der Waals surface area contributed by atoms with E-state index in [0.717, 1.165) is 30.1 Å². The van der Waals surface area contributed by atoms with Crippen LogP contribution in [-0.2, 0) is 0 Å². The fourth-order valence-electron chi connectivity index (χ4n) is 1.43. The Labute approximate surface area is 114 Å². The molecule has 0 aliphatic carbocycles. The van der Waals surface area contributed by atoms with E-state index in [9.17, 15) is 0 Å². The van der Waals surface area contributed by atoms with Gasteiger partial charge in [-0.3, -0.25) is 0 Å². The third kappa shape index (κ3) is 6.11. The van der Waals surface area contributed by atoms with E-state index in [2.05, 4.69) is 25.2 Å². The molecule has 1 aromatic rings.